The molecule has 0 spiro atoms. The number of ether oxygens (including phenoxy) is 2. The van der Waals surface area contributed by atoms with Gasteiger partial charge in [-0.25, -0.2) is 0 Å². The summed E-state index contributed by atoms with van der Waals surface area (Å²) in [7, 11) is 0. The van der Waals surface area contributed by atoms with Gasteiger partial charge in [-0.2, -0.15) is 0 Å². The molecule has 1 aromatic carbocycles. The molecule has 0 aliphatic carbocycles. The Labute approximate surface area is 122 Å². The van der Waals surface area contributed by atoms with E-state index in [0.717, 1.165) is 48.6 Å². The number of rotatable bonds is 2. The lowest BCUT2D eigenvalue weighted by molar-refractivity contribution is 0.296. The fourth-order valence-corrected chi connectivity index (χ4v) is 3.57. The van der Waals surface area contributed by atoms with Crippen LogP contribution in [-0.4, -0.2) is 25.8 Å². The molecule has 0 amide bonds. The molecule has 2 aliphatic rings. The lowest BCUT2D eigenvalue weighted by atomic mass is 9.99. The first-order chi connectivity index (χ1) is 9.25. The molecule has 4 heteroatoms. The van der Waals surface area contributed by atoms with Crippen LogP contribution in [-0.2, 0) is 6.42 Å². The second-order valence-corrected chi connectivity index (χ2v) is 6.19. The van der Waals surface area contributed by atoms with Crippen LogP contribution in [0.1, 0.15) is 30.4 Å². The largest absolute Gasteiger partial charge is 0.490 e. The van der Waals surface area contributed by atoms with E-state index < -0.39 is 0 Å². The molecule has 3 nitrogen and oxygen atoms in total. The Morgan fingerprint density at radius 3 is 2.95 bits per heavy atom. The van der Waals surface area contributed by atoms with Gasteiger partial charge in [0.25, 0.3) is 0 Å². The Hall–Kier alpha value is -0.740. The fourth-order valence-electron chi connectivity index (χ4n) is 2.90. The SMILES string of the molecule is Cc1c(CC2CCCN2)c(Br)cc2c1OCCCO2. The highest BCUT2D eigenvalue weighted by molar-refractivity contribution is 9.10. The Morgan fingerprint density at radius 1 is 1.32 bits per heavy atom. The summed E-state index contributed by atoms with van der Waals surface area (Å²) in [6.45, 7) is 4.77. The smallest absolute Gasteiger partial charge is 0.164 e. The Bertz CT molecular complexity index is 470. The highest BCUT2D eigenvalue weighted by atomic mass is 79.9. The molecular formula is C15H20BrNO2. The van der Waals surface area contributed by atoms with E-state index in [1.54, 1.807) is 0 Å². The van der Waals surface area contributed by atoms with Crippen LogP contribution in [0.15, 0.2) is 10.5 Å². The maximum atomic E-state index is 5.87. The maximum absolute atomic E-state index is 5.87. The molecular weight excluding hydrogens is 306 g/mol. The van der Waals surface area contributed by atoms with E-state index in [2.05, 4.69) is 34.2 Å². The number of benzene rings is 1. The van der Waals surface area contributed by atoms with E-state index in [9.17, 15) is 0 Å². The van der Waals surface area contributed by atoms with Crippen molar-refractivity contribution in [2.45, 2.75) is 38.6 Å². The van der Waals surface area contributed by atoms with E-state index >= 15 is 0 Å². The molecule has 0 aromatic heterocycles. The van der Waals surface area contributed by atoms with Gasteiger partial charge in [0.1, 0.15) is 0 Å². The summed E-state index contributed by atoms with van der Waals surface area (Å²) in [5.74, 6) is 1.82. The van der Waals surface area contributed by atoms with Gasteiger partial charge in [-0.1, -0.05) is 15.9 Å². The Kier molecular flexibility index (Phi) is 3.99. The molecule has 0 bridgehead atoms. The number of halogens is 1. The molecule has 1 unspecified atom stereocenters. The summed E-state index contributed by atoms with van der Waals surface area (Å²) in [6, 6.07) is 2.66. The molecule has 1 fully saturated rings. The van der Waals surface area contributed by atoms with Gasteiger partial charge in [0.05, 0.1) is 13.2 Å². The first kappa shape index (κ1) is 13.3. The standard InChI is InChI=1S/C15H20BrNO2/c1-10-12(8-11-4-2-5-17-11)13(16)9-14-15(10)19-7-3-6-18-14/h9,11,17H,2-8H2,1H3. The highest BCUT2D eigenvalue weighted by Crippen LogP contribution is 2.40. The van der Waals surface area contributed by atoms with Crippen molar-refractivity contribution >= 4 is 15.9 Å². The molecule has 0 radical (unpaired) electrons. The summed E-state index contributed by atoms with van der Waals surface area (Å²) >= 11 is 3.70. The van der Waals surface area contributed by atoms with Crippen molar-refractivity contribution in [2.24, 2.45) is 0 Å². The van der Waals surface area contributed by atoms with Gasteiger partial charge >= 0.3 is 0 Å². The van der Waals surface area contributed by atoms with E-state index in [4.69, 9.17) is 9.47 Å². The van der Waals surface area contributed by atoms with Crippen molar-refractivity contribution in [2.75, 3.05) is 19.8 Å². The molecule has 19 heavy (non-hydrogen) atoms. The van der Waals surface area contributed by atoms with Crippen LogP contribution in [0.25, 0.3) is 0 Å². The summed E-state index contributed by atoms with van der Waals surface area (Å²) in [5.41, 5.74) is 2.57. The van der Waals surface area contributed by atoms with Gasteiger partial charge in [0.15, 0.2) is 11.5 Å². The normalized spacial score (nSPS) is 22.3. The van der Waals surface area contributed by atoms with Crippen molar-refractivity contribution in [3.63, 3.8) is 0 Å². The molecule has 1 atom stereocenters. The van der Waals surface area contributed by atoms with Gasteiger partial charge in [-0.05, 0) is 49.9 Å². The predicted octanol–water partition coefficient (Wildman–Crippen LogP) is 3.21. The van der Waals surface area contributed by atoms with Gasteiger partial charge < -0.3 is 14.8 Å². The minimum Gasteiger partial charge on any atom is -0.490 e. The van der Waals surface area contributed by atoms with Crippen LogP contribution in [0.5, 0.6) is 11.5 Å². The van der Waals surface area contributed by atoms with Gasteiger partial charge in [0.2, 0.25) is 0 Å². The van der Waals surface area contributed by atoms with Crippen molar-refractivity contribution in [1.29, 1.82) is 0 Å². The highest BCUT2D eigenvalue weighted by Gasteiger charge is 2.22. The lowest BCUT2D eigenvalue weighted by Crippen LogP contribution is -2.24. The quantitative estimate of drug-likeness (QED) is 0.905. The number of hydrogen-bond acceptors (Lipinski definition) is 3. The molecule has 2 heterocycles. The summed E-state index contributed by atoms with van der Waals surface area (Å²) in [5, 5.41) is 3.56. The Balaban J connectivity index is 1.92. The summed E-state index contributed by atoms with van der Waals surface area (Å²) in [4.78, 5) is 0. The molecule has 104 valence electrons. The van der Waals surface area contributed by atoms with Crippen LogP contribution >= 0.6 is 15.9 Å². The first-order valence-electron chi connectivity index (χ1n) is 7.06. The van der Waals surface area contributed by atoms with Crippen LogP contribution in [0.4, 0.5) is 0 Å². The average Bonchev–Trinajstić information content (AvgIpc) is 2.79. The van der Waals surface area contributed by atoms with Gasteiger partial charge in [-0.3, -0.25) is 0 Å². The zero-order valence-corrected chi connectivity index (χ0v) is 12.9. The lowest BCUT2D eigenvalue weighted by Gasteiger charge is -2.18. The minimum atomic E-state index is 0.597. The van der Waals surface area contributed by atoms with Crippen LogP contribution in [0, 0.1) is 6.92 Å². The van der Waals surface area contributed by atoms with Crippen LogP contribution in [0.2, 0.25) is 0 Å². The minimum absolute atomic E-state index is 0.597. The monoisotopic (exact) mass is 325 g/mol. The van der Waals surface area contributed by atoms with Crippen LogP contribution in [0.3, 0.4) is 0 Å². The second kappa shape index (κ2) is 5.71. The average molecular weight is 326 g/mol. The zero-order valence-electron chi connectivity index (χ0n) is 11.3. The van der Waals surface area contributed by atoms with Gasteiger partial charge in [0, 0.05) is 16.9 Å². The molecule has 1 aromatic rings. The third kappa shape index (κ3) is 2.75. The third-order valence-corrected chi connectivity index (χ3v) is 4.68. The van der Waals surface area contributed by atoms with Crippen molar-refractivity contribution in [3.8, 4) is 11.5 Å². The van der Waals surface area contributed by atoms with E-state index in [1.165, 1.54) is 24.0 Å². The predicted molar refractivity (Wildman–Crippen MR) is 79.2 cm³/mol. The third-order valence-electron chi connectivity index (χ3n) is 3.97. The first-order valence-corrected chi connectivity index (χ1v) is 7.86. The Morgan fingerprint density at radius 2 is 2.16 bits per heavy atom. The molecule has 3 rings (SSSR count). The molecule has 0 saturated carbocycles. The van der Waals surface area contributed by atoms with E-state index in [-0.39, 0.29) is 0 Å². The molecule has 1 saturated heterocycles. The fraction of sp³-hybridized carbons (Fsp3) is 0.600. The van der Waals surface area contributed by atoms with Crippen LogP contribution < -0.4 is 14.8 Å². The zero-order chi connectivity index (χ0) is 13.2. The topological polar surface area (TPSA) is 30.5 Å². The summed E-state index contributed by atoms with van der Waals surface area (Å²) in [6.07, 6.45) is 4.56. The van der Waals surface area contributed by atoms with Gasteiger partial charge in [-0.15, -0.1) is 0 Å². The van der Waals surface area contributed by atoms with E-state index in [1.807, 2.05) is 0 Å². The number of nitrogens with one attached hydrogen (secondary N) is 1. The van der Waals surface area contributed by atoms with Crippen molar-refractivity contribution < 1.29 is 9.47 Å². The van der Waals surface area contributed by atoms with Crippen molar-refractivity contribution in [3.05, 3.63) is 21.7 Å². The number of hydrogen-bond donors (Lipinski definition) is 1. The number of fused-ring (bicyclic) bond motifs is 1. The summed E-state index contributed by atoms with van der Waals surface area (Å²) < 4.78 is 12.8. The molecule has 2 aliphatic heterocycles. The van der Waals surface area contributed by atoms with E-state index in [0.29, 0.717) is 6.04 Å². The second-order valence-electron chi connectivity index (χ2n) is 5.34. The van der Waals surface area contributed by atoms with Crippen molar-refractivity contribution in [1.82, 2.24) is 5.32 Å². The maximum Gasteiger partial charge on any atom is 0.164 e. The molecule has 1 N–H and O–H groups in total.